The summed E-state index contributed by atoms with van der Waals surface area (Å²) in [6, 6.07) is 3.95. The molecule has 2 aromatic heterocycles. The highest BCUT2D eigenvalue weighted by Crippen LogP contribution is 2.37. The summed E-state index contributed by atoms with van der Waals surface area (Å²) in [5, 5.41) is 0. The summed E-state index contributed by atoms with van der Waals surface area (Å²) < 4.78 is 1.99. The lowest BCUT2D eigenvalue weighted by Gasteiger charge is -2.15. The molecule has 0 saturated heterocycles. The Morgan fingerprint density at radius 2 is 2.20 bits per heavy atom. The number of amides is 1. The second kappa shape index (κ2) is 4.59. The number of aromatic nitrogens is 2. The minimum Gasteiger partial charge on any atom is -0.365 e. The number of hydrogen-bond donors (Lipinski definition) is 1. The van der Waals surface area contributed by atoms with Crippen LogP contribution in [0.5, 0.6) is 0 Å². The zero-order chi connectivity index (χ0) is 14.3. The third kappa shape index (κ3) is 2.01. The number of carbonyl (C=O) groups excluding carboxylic acids is 1. The van der Waals surface area contributed by atoms with Crippen LogP contribution in [0.3, 0.4) is 0 Å². The Bertz CT molecular complexity index is 731. The number of rotatable bonds is 3. The normalized spacial score (nSPS) is 14.2. The van der Waals surface area contributed by atoms with Crippen LogP contribution in [0.1, 0.15) is 34.9 Å². The summed E-state index contributed by atoms with van der Waals surface area (Å²) in [5.41, 5.74) is 7.14. The molecule has 1 saturated carbocycles. The van der Waals surface area contributed by atoms with Gasteiger partial charge in [0.1, 0.15) is 5.56 Å². The van der Waals surface area contributed by atoms with Crippen molar-refractivity contribution in [1.29, 1.82) is 0 Å². The first-order valence-electron chi connectivity index (χ1n) is 6.55. The van der Waals surface area contributed by atoms with E-state index in [-0.39, 0.29) is 11.0 Å². The van der Waals surface area contributed by atoms with Crippen LogP contribution in [0, 0.1) is 6.92 Å². The first kappa shape index (κ1) is 12.6. The molecule has 0 aromatic carbocycles. The van der Waals surface area contributed by atoms with E-state index in [0.717, 1.165) is 18.5 Å². The predicted octanol–water partition coefficient (Wildman–Crippen LogP) is 1.65. The van der Waals surface area contributed by atoms with E-state index in [0.29, 0.717) is 17.2 Å². The molecule has 2 aromatic rings. The molecule has 20 heavy (non-hydrogen) atoms. The van der Waals surface area contributed by atoms with E-state index in [9.17, 15) is 9.59 Å². The molecule has 0 aliphatic heterocycles. The number of hydrogen-bond acceptors (Lipinski definition) is 3. The van der Waals surface area contributed by atoms with Gasteiger partial charge in [0.25, 0.3) is 5.91 Å². The highest BCUT2D eigenvalue weighted by molar-refractivity contribution is 5.93. The van der Waals surface area contributed by atoms with Gasteiger partial charge >= 0.3 is 0 Å². The summed E-state index contributed by atoms with van der Waals surface area (Å²) in [7, 11) is 0. The fourth-order valence-corrected chi connectivity index (χ4v) is 2.48. The van der Waals surface area contributed by atoms with E-state index in [2.05, 4.69) is 4.98 Å². The Morgan fingerprint density at radius 3 is 2.75 bits per heavy atom. The average Bonchev–Trinajstić information content (AvgIpc) is 3.24. The van der Waals surface area contributed by atoms with Gasteiger partial charge in [-0.2, -0.15) is 0 Å². The van der Waals surface area contributed by atoms with Crippen molar-refractivity contribution in [3.05, 3.63) is 52.2 Å². The van der Waals surface area contributed by atoms with Crippen LogP contribution in [0.4, 0.5) is 0 Å². The molecule has 1 aliphatic rings. The molecule has 102 valence electrons. The van der Waals surface area contributed by atoms with Crippen LogP contribution < -0.4 is 11.2 Å². The fraction of sp³-hybridized carbons (Fsp3) is 0.267. The molecule has 3 rings (SSSR count). The monoisotopic (exact) mass is 269 g/mol. The number of carbonyl (C=O) groups is 1. The van der Waals surface area contributed by atoms with E-state index in [1.54, 1.807) is 24.7 Å². The zero-order valence-electron chi connectivity index (χ0n) is 11.2. The van der Waals surface area contributed by atoms with Crippen LogP contribution in [0.15, 0.2) is 35.5 Å². The minimum absolute atomic E-state index is 0.0429. The first-order valence-corrected chi connectivity index (χ1v) is 6.55. The highest BCUT2D eigenvalue weighted by Gasteiger charge is 2.27. The molecule has 1 fully saturated rings. The summed E-state index contributed by atoms with van der Waals surface area (Å²) in [4.78, 5) is 28.0. The molecule has 0 unspecified atom stereocenters. The molecule has 1 aliphatic carbocycles. The molecule has 2 N–H and O–H groups in total. The van der Waals surface area contributed by atoms with E-state index in [1.165, 1.54) is 0 Å². The lowest BCUT2D eigenvalue weighted by molar-refractivity contribution is 0.0998. The maximum absolute atomic E-state index is 12.5. The van der Waals surface area contributed by atoms with Gasteiger partial charge in [-0.05, 0) is 25.8 Å². The van der Waals surface area contributed by atoms with Gasteiger partial charge in [-0.1, -0.05) is 6.07 Å². The van der Waals surface area contributed by atoms with Gasteiger partial charge in [-0.15, -0.1) is 0 Å². The third-order valence-electron chi connectivity index (χ3n) is 3.64. The van der Waals surface area contributed by atoms with Crippen LogP contribution >= 0.6 is 0 Å². The Labute approximate surface area is 116 Å². The van der Waals surface area contributed by atoms with Crippen molar-refractivity contribution in [1.82, 2.24) is 9.55 Å². The van der Waals surface area contributed by atoms with Crippen molar-refractivity contribution < 1.29 is 4.79 Å². The Kier molecular flexibility index (Phi) is 2.89. The molecule has 5 heteroatoms. The predicted molar refractivity (Wildman–Crippen MR) is 75.5 cm³/mol. The van der Waals surface area contributed by atoms with Crippen LogP contribution in [0.25, 0.3) is 11.1 Å². The standard InChI is InChI=1S/C15H15N3O2/c1-9-13(10-3-2-6-17-7-10)14(19)12(15(16)20)8-18(9)11-4-5-11/h2-3,6-8,11H,4-5H2,1H3,(H2,16,20). The number of pyridine rings is 2. The lowest BCUT2D eigenvalue weighted by Crippen LogP contribution is -2.26. The zero-order valence-corrected chi connectivity index (χ0v) is 11.2. The molecular weight excluding hydrogens is 254 g/mol. The minimum atomic E-state index is -0.686. The smallest absolute Gasteiger partial charge is 0.254 e. The first-order chi connectivity index (χ1) is 9.59. The van der Waals surface area contributed by atoms with Gasteiger partial charge in [-0.3, -0.25) is 14.6 Å². The maximum Gasteiger partial charge on any atom is 0.254 e. The van der Waals surface area contributed by atoms with Crippen molar-refractivity contribution in [2.24, 2.45) is 5.73 Å². The van der Waals surface area contributed by atoms with Crippen LogP contribution in [-0.4, -0.2) is 15.5 Å². The Balaban J connectivity index is 2.32. The van der Waals surface area contributed by atoms with E-state index in [1.807, 2.05) is 17.6 Å². The van der Waals surface area contributed by atoms with Gasteiger partial charge in [-0.25, -0.2) is 0 Å². The highest BCUT2D eigenvalue weighted by atomic mass is 16.2. The molecule has 2 heterocycles. The van der Waals surface area contributed by atoms with E-state index >= 15 is 0 Å². The number of primary amides is 1. The van der Waals surface area contributed by atoms with Crippen molar-refractivity contribution in [3.8, 4) is 11.1 Å². The molecular formula is C15H15N3O2. The van der Waals surface area contributed by atoms with Crippen molar-refractivity contribution in [3.63, 3.8) is 0 Å². The summed E-state index contributed by atoms with van der Waals surface area (Å²) in [5.74, 6) is -0.686. The molecule has 5 nitrogen and oxygen atoms in total. The number of nitrogens with two attached hydrogens (primary N) is 1. The van der Waals surface area contributed by atoms with Gasteiger partial charge in [0.15, 0.2) is 0 Å². The largest absolute Gasteiger partial charge is 0.365 e. The van der Waals surface area contributed by atoms with Crippen LogP contribution in [0.2, 0.25) is 0 Å². The fourth-order valence-electron chi connectivity index (χ4n) is 2.48. The topological polar surface area (TPSA) is 78.0 Å². The Hall–Kier alpha value is -2.43. The summed E-state index contributed by atoms with van der Waals surface area (Å²) >= 11 is 0. The van der Waals surface area contributed by atoms with E-state index < -0.39 is 5.91 Å². The molecule has 0 bridgehead atoms. The van der Waals surface area contributed by atoms with E-state index in [4.69, 9.17) is 5.73 Å². The molecule has 0 atom stereocenters. The molecule has 0 radical (unpaired) electrons. The summed E-state index contributed by atoms with van der Waals surface area (Å²) in [6.45, 7) is 1.90. The molecule has 1 amide bonds. The lowest BCUT2D eigenvalue weighted by atomic mass is 10.0. The number of nitrogens with zero attached hydrogens (tertiary/aromatic N) is 2. The van der Waals surface area contributed by atoms with Crippen molar-refractivity contribution in [2.75, 3.05) is 0 Å². The van der Waals surface area contributed by atoms with Crippen molar-refractivity contribution >= 4 is 5.91 Å². The maximum atomic E-state index is 12.5. The average molecular weight is 269 g/mol. The summed E-state index contributed by atoms with van der Waals surface area (Å²) in [6.07, 6.45) is 7.00. The van der Waals surface area contributed by atoms with Crippen molar-refractivity contribution in [2.45, 2.75) is 25.8 Å². The quantitative estimate of drug-likeness (QED) is 0.920. The van der Waals surface area contributed by atoms with Gasteiger partial charge in [0.05, 0.1) is 5.56 Å². The SMILES string of the molecule is Cc1c(-c2cccnc2)c(=O)c(C(N)=O)cn1C1CC1. The second-order valence-electron chi connectivity index (χ2n) is 5.08. The van der Waals surface area contributed by atoms with Crippen LogP contribution in [-0.2, 0) is 0 Å². The van der Waals surface area contributed by atoms with Gasteiger partial charge in [0.2, 0.25) is 5.43 Å². The molecule has 0 spiro atoms. The Morgan fingerprint density at radius 1 is 1.45 bits per heavy atom. The van der Waals surface area contributed by atoms with Gasteiger partial charge < -0.3 is 10.3 Å². The second-order valence-corrected chi connectivity index (χ2v) is 5.08. The third-order valence-corrected chi connectivity index (χ3v) is 3.64. The van der Waals surface area contributed by atoms with Gasteiger partial charge in [0, 0.05) is 35.9 Å².